The second-order valence-corrected chi connectivity index (χ2v) is 6.73. The van der Waals surface area contributed by atoms with Crippen molar-refractivity contribution >= 4 is 29.0 Å². The first-order valence-electron chi connectivity index (χ1n) is 9.63. The minimum atomic E-state index is -0.680. The van der Waals surface area contributed by atoms with E-state index >= 15 is 0 Å². The van der Waals surface area contributed by atoms with Crippen LogP contribution in [0.3, 0.4) is 0 Å². The van der Waals surface area contributed by atoms with Crippen molar-refractivity contribution in [3.63, 3.8) is 0 Å². The lowest BCUT2D eigenvalue weighted by molar-refractivity contribution is -0.149. The fourth-order valence-corrected chi connectivity index (χ4v) is 2.91. The van der Waals surface area contributed by atoms with Crippen molar-refractivity contribution in [1.82, 2.24) is 0 Å². The number of ketones is 1. The Morgan fingerprint density at radius 1 is 1.03 bits per heavy atom. The average Bonchev–Trinajstić information content (AvgIpc) is 2.77. The van der Waals surface area contributed by atoms with Crippen LogP contribution in [0.4, 0.5) is 11.4 Å². The van der Waals surface area contributed by atoms with E-state index in [9.17, 15) is 14.4 Å². The third-order valence-electron chi connectivity index (χ3n) is 4.49. The monoisotopic (exact) mass is 412 g/mol. The molecule has 1 N–H and O–H groups in total. The Bertz CT molecular complexity index is 891. The van der Waals surface area contributed by atoms with Gasteiger partial charge in [-0.05, 0) is 43.3 Å². The topological polar surface area (TPSA) is 94.2 Å². The third-order valence-corrected chi connectivity index (χ3v) is 4.49. The minimum absolute atomic E-state index is 0.0994. The molecule has 3 rings (SSSR count). The summed E-state index contributed by atoms with van der Waals surface area (Å²) in [6.45, 7) is 3.75. The van der Waals surface area contributed by atoms with Gasteiger partial charge in [-0.2, -0.15) is 0 Å². The number of nitrogens with zero attached hydrogens (tertiary/aromatic N) is 1. The first kappa shape index (κ1) is 21.3. The number of carbonyl (C=O) groups excluding carboxylic acids is 3. The number of rotatable bonds is 8. The maximum atomic E-state index is 12.0. The highest BCUT2D eigenvalue weighted by molar-refractivity contribution is 5.94. The Labute approximate surface area is 174 Å². The van der Waals surface area contributed by atoms with E-state index in [0.717, 1.165) is 18.8 Å². The summed E-state index contributed by atoms with van der Waals surface area (Å²) < 4.78 is 15.6. The number of Topliss-reactive ketones (excluding diaryl/α,β-unsaturated/α-hetero) is 1. The van der Waals surface area contributed by atoms with Gasteiger partial charge in [-0.25, -0.2) is 4.79 Å². The van der Waals surface area contributed by atoms with Crippen LogP contribution < -0.4 is 15.0 Å². The zero-order chi connectivity index (χ0) is 21.3. The third kappa shape index (κ3) is 6.31. The largest absolute Gasteiger partial charge is 0.482 e. The fourth-order valence-electron chi connectivity index (χ4n) is 2.91. The van der Waals surface area contributed by atoms with Crippen LogP contribution in [0.2, 0.25) is 0 Å². The quantitative estimate of drug-likeness (QED) is 0.525. The lowest BCUT2D eigenvalue weighted by Gasteiger charge is -2.28. The van der Waals surface area contributed by atoms with E-state index in [4.69, 9.17) is 14.2 Å². The first-order valence-corrected chi connectivity index (χ1v) is 9.63. The van der Waals surface area contributed by atoms with Gasteiger partial charge in [-0.3, -0.25) is 9.59 Å². The summed E-state index contributed by atoms with van der Waals surface area (Å²) in [5, 5.41) is 2.68. The van der Waals surface area contributed by atoms with Gasteiger partial charge >= 0.3 is 5.97 Å². The number of anilines is 2. The molecule has 1 amide bonds. The normalized spacial score (nSPS) is 13.4. The molecule has 0 spiro atoms. The Morgan fingerprint density at radius 3 is 2.47 bits per heavy atom. The van der Waals surface area contributed by atoms with Gasteiger partial charge in [0.05, 0.1) is 13.2 Å². The molecule has 30 heavy (non-hydrogen) atoms. The molecule has 0 saturated carbocycles. The summed E-state index contributed by atoms with van der Waals surface area (Å²) in [7, 11) is 0. The number of benzene rings is 2. The second kappa shape index (κ2) is 10.4. The molecule has 1 heterocycles. The molecule has 0 radical (unpaired) electrons. The molecule has 2 aromatic carbocycles. The summed E-state index contributed by atoms with van der Waals surface area (Å²) in [4.78, 5) is 37.4. The highest BCUT2D eigenvalue weighted by Gasteiger charge is 2.12. The second-order valence-electron chi connectivity index (χ2n) is 6.73. The number of amides is 1. The van der Waals surface area contributed by atoms with Crippen molar-refractivity contribution in [2.24, 2.45) is 0 Å². The van der Waals surface area contributed by atoms with Gasteiger partial charge in [0.25, 0.3) is 5.91 Å². The molecule has 1 aliphatic heterocycles. The van der Waals surface area contributed by atoms with Crippen molar-refractivity contribution < 1.29 is 28.6 Å². The Balaban J connectivity index is 1.40. The van der Waals surface area contributed by atoms with Crippen molar-refractivity contribution in [2.75, 3.05) is 49.7 Å². The van der Waals surface area contributed by atoms with Crippen molar-refractivity contribution in [3.8, 4) is 5.75 Å². The van der Waals surface area contributed by atoms with Gasteiger partial charge in [0, 0.05) is 30.0 Å². The lowest BCUT2D eigenvalue weighted by atomic mass is 10.1. The molecule has 8 nitrogen and oxygen atoms in total. The Morgan fingerprint density at radius 2 is 1.77 bits per heavy atom. The summed E-state index contributed by atoms with van der Waals surface area (Å²) in [6.07, 6.45) is 0. The van der Waals surface area contributed by atoms with Crippen LogP contribution in [0.25, 0.3) is 0 Å². The highest BCUT2D eigenvalue weighted by Crippen LogP contribution is 2.19. The van der Waals surface area contributed by atoms with E-state index < -0.39 is 18.5 Å². The number of esters is 1. The fraction of sp³-hybridized carbons (Fsp3) is 0.318. The van der Waals surface area contributed by atoms with Crippen molar-refractivity contribution in [2.45, 2.75) is 6.92 Å². The minimum Gasteiger partial charge on any atom is -0.482 e. The zero-order valence-corrected chi connectivity index (χ0v) is 16.8. The van der Waals surface area contributed by atoms with Gasteiger partial charge in [0.1, 0.15) is 5.75 Å². The standard InChI is InChI=1S/C22H24N2O6/c1-16(25)17-3-2-4-20(13-17)29-15-22(27)30-14-21(26)23-18-5-7-19(8-6-18)24-9-11-28-12-10-24/h2-8,13H,9-12,14-15H2,1H3,(H,23,26). The molecular formula is C22H24N2O6. The van der Waals surface area contributed by atoms with E-state index in [2.05, 4.69) is 10.2 Å². The van der Waals surface area contributed by atoms with Crippen LogP contribution in [-0.2, 0) is 19.1 Å². The van der Waals surface area contributed by atoms with Gasteiger partial charge in [-0.1, -0.05) is 12.1 Å². The molecule has 0 atom stereocenters. The van der Waals surface area contributed by atoms with E-state index in [0.29, 0.717) is 30.2 Å². The number of nitrogens with one attached hydrogen (secondary N) is 1. The summed E-state index contributed by atoms with van der Waals surface area (Å²) in [6, 6.07) is 14.0. The molecule has 1 aliphatic rings. The Kier molecular flexibility index (Phi) is 7.40. The van der Waals surface area contributed by atoms with E-state index in [-0.39, 0.29) is 12.4 Å². The molecule has 0 aromatic heterocycles. The van der Waals surface area contributed by atoms with Gasteiger partial charge < -0.3 is 24.4 Å². The molecule has 0 aliphatic carbocycles. The molecule has 158 valence electrons. The zero-order valence-electron chi connectivity index (χ0n) is 16.8. The predicted octanol–water partition coefficient (Wildman–Crippen LogP) is 2.29. The molecular weight excluding hydrogens is 388 g/mol. The predicted molar refractivity (Wildman–Crippen MR) is 111 cm³/mol. The lowest BCUT2D eigenvalue weighted by Crippen LogP contribution is -2.36. The highest BCUT2D eigenvalue weighted by atomic mass is 16.6. The maximum absolute atomic E-state index is 12.0. The van der Waals surface area contributed by atoms with Gasteiger partial charge in [0.2, 0.25) is 0 Å². The summed E-state index contributed by atoms with van der Waals surface area (Å²) in [5.74, 6) is -0.843. The summed E-state index contributed by atoms with van der Waals surface area (Å²) >= 11 is 0. The SMILES string of the molecule is CC(=O)c1cccc(OCC(=O)OCC(=O)Nc2ccc(N3CCOCC3)cc2)c1. The van der Waals surface area contributed by atoms with Crippen LogP contribution in [-0.4, -0.2) is 57.2 Å². The van der Waals surface area contributed by atoms with E-state index in [1.165, 1.54) is 6.92 Å². The molecule has 8 heteroatoms. The average molecular weight is 412 g/mol. The Hall–Kier alpha value is -3.39. The number of ether oxygens (including phenoxy) is 3. The van der Waals surface area contributed by atoms with Crippen LogP contribution in [0, 0.1) is 0 Å². The van der Waals surface area contributed by atoms with Gasteiger partial charge in [-0.15, -0.1) is 0 Å². The molecule has 1 saturated heterocycles. The molecule has 0 bridgehead atoms. The van der Waals surface area contributed by atoms with E-state index in [1.54, 1.807) is 36.4 Å². The smallest absolute Gasteiger partial charge is 0.344 e. The number of morpholine rings is 1. The first-order chi connectivity index (χ1) is 14.5. The van der Waals surface area contributed by atoms with Gasteiger partial charge in [0.15, 0.2) is 19.0 Å². The summed E-state index contributed by atoms with van der Waals surface area (Å²) in [5.41, 5.74) is 2.17. The molecule has 0 unspecified atom stereocenters. The van der Waals surface area contributed by atoms with Crippen molar-refractivity contribution in [3.05, 3.63) is 54.1 Å². The van der Waals surface area contributed by atoms with E-state index in [1.807, 2.05) is 12.1 Å². The van der Waals surface area contributed by atoms with Crippen LogP contribution in [0.15, 0.2) is 48.5 Å². The number of hydrogen-bond acceptors (Lipinski definition) is 7. The molecule has 2 aromatic rings. The van der Waals surface area contributed by atoms with Crippen LogP contribution >= 0.6 is 0 Å². The van der Waals surface area contributed by atoms with Crippen LogP contribution in [0.1, 0.15) is 17.3 Å². The van der Waals surface area contributed by atoms with Crippen LogP contribution in [0.5, 0.6) is 5.75 Å². The maximum Gasteiger partial charge on any atom is 0.344 e. The number of carbonyl (C=O) groups is 3. The number of hydrogen-bond donors (Lipinski definition) is 1. The molecule has 1 fully saturated rings. The van der Waals surface area contributed by atoms with Crippen molar-refractivity contribution in [1.29, 1.82) is 0 Å².